The molecule has 0 unspecified atom stereocenters. The summed E-state index contributed by atoms with van der Waals surface area (Å²) in [5.41, 5.74) is 1.32. The van der Waals surface area contributed by atoms with Gasteiger partial charge in [0.15, 0.2) is 0 Å². The third kappa shape index (κ3) is 4.71. The fourth-order valence-electron chi connectivity index (χ4n) is 2.68. The standard InChI is InChI=1S/C19H13Cl2N7O3/c20-15-5-2-6-16(18(15)21)27-19(24-25-26-27)23-10-12-3-1-4-14(9-12)31-17-8-7-13(11-22-17)28(29)30/h1-9,11H,10H2,(H,23,24,26). The molecule has 2 aromatic heterocycles. The van der Waals surface area contributed by atoms with Crippen LogP contribution < -0.4 is 10.1 Å². The van der Waals surface area contributed by atoms with Crippen molar-refractivity contribution in [1.29, 1.82) is 0 Å². The van der Waals surface area contributed by atoms with E-state index in [0.717, 1.165) is 11.8 Å². The van der Waals surface area contributed by atoms with E-state index in [1.54, 1.807) is 30.3 Å². The number of benzene rings is 2. The fourth-order valence-corrected chi connectivity index (χ4v) is 3.05. The Morgan fingerprint density at radius 3 is 2.74 bits per heavy atom. The Hall–Kier alpha value is -3.76. The van der Waals surface area contributed by atoms with Gasteiger partial charge >= 0.3 is 0 Å². The van der Waals surface area contributed by atoms with Gasteiger partial charge in [0.05, 0.1) is 20.7 Å². The summed E-state index contributed by atoms with van der Waals surface area (Å²) in [4.78, 5) is 14.1. The lowest BCUT2D eigenvalue weighted by atomic mass is 10.2. The highest BCUT2D eigenvalue weighted by molar-refractivity contribution is 6.43. The Labute approximate surface area is 185 Å². The molecule has 156 valence electrons. The summed E-state index contributed by atoms with van der Waals surface area (Å²) in [6.45, 7) is 0.392. The molecule has 0 saturated heterocycles. The minimum atomic E-state index is -0.521. The lowest BCUT2D eigenvalue weighted by Gasteiger charge is -2.10. The summed E-state index contributed by atoms with van der Waals surface area (Å²) in [5, 5.41) is 26.2. The van der Waals surface area contributed by atoms with Crippen molar-refractivity contribution in [2.75, 3.05) is 5.32 Å². The van der Waals surface area contributed by atoms with Crippen LogP contribution in [-0.2, 0) is 6.54 Å². The van der Waals surface area contributed by atoms with Gasteiger partial charge in [0.25, 0.3) is 5.69 Å². The van der Waals surface area contributed by atoms with Crippen LogP contribution in [0.3, 0.4) is 0 Å². The van der Waals surface area contributed by atoms with Crippen molar-refractivity contribution in [1.82, 2.24) is 25.2 Å². The lowest BCUT2D eigenvalue weighted by molar-refractivity contribution is -0.385. The number of hydrogen-bond donors (Lipinski definition) is 1. The molecule has 0 fully saturated rings. The van der Waals surface area contributed by atoms with Gasteiger partial charge in [0.1, 0.15) is 11.9 Å². The summed E-state index contributed by atoms with van der Waals surface area (Å²) < 4.78 is 7.13. The van der Waals surface area contributed by atoms with Gasteiger partial charge in [-0.05, 0) is 40.3 Å². The first-order valence-corrected chi connectivity index (χ1v) is 9.61. The zero-order valence-electron chi connectivity index (χ0n) is 15.6. The number of nitrogens with one attached hydrogen (secondary N) is 1. The summed E-state index contributed by atoms with van der Waals surface area (Å²) in [5.74, 6) is 1.15. The first-order valence-electron chi connectivity index (χ1n) is 8.85. The number of rotatable bonds is 7. The van der Waals surface area contributed by atoms with Crippen LogP contribution >= 0.6 is 23.2 Å². The molecule has 0 aliphatic rings. The van der Waals surface area contributed by atoms with Crippen molar-refractivity contribution in [3.8, 4) is 17.3 Å². The average molecular weight is 458 g/mol. The SMILES string of the molecule is O=[N+]([O-])c1ccc(Oc2cccc(CNc3nnnn3-c3cccc(Cl)c3Cl)c2)nc1. The summed E-state index contributed by atoms with van der Waals surface area (Å²) in [6, 6.07) is 15.2. The zero-order valence-corrected chi connectivity index (χ0v) is 17.2. The smallest absolute Gasteiger partial charge is 0.287 e. The largest absolute Gasteiger partial charge is 0.439 e. The maximum absolute atomic E-state index is 10.7. The molecule has 0 saturated carbocycles. The van der Waals surface area contributed by atoms with Gasteiger partial charge in [-0.25, -0.2) is 4.98 Å². The van der Waals surface area contributed by atoms with Crippen LogP contribution in [0.1, 0.15) is 5.56 Å². The second-order valence-corrected chi connectivity index (χ2v) is 6.99. The van der Waals surface area contributed by atoms with E-state index < -0.39 is 4.92 Å². The van der Waals surface area contributed by atoms with Crippen LogP contribution in [0.5, 0.6) is 11.6 Å². The van der Waals surface area contributed by atoms with E-state index in [1.807, 2.05) is 12.1 Å². The molecule has 0 aliphatic heterocycles. The van der Waals surface area contributed by atoms with Crippen LogP contribution in [0.25, 0.3) is 5.69 Å². The zero-order chi connectivity index (χ0) is 21.8. The molecule has 0 spiro atoms. The van der Waals surface area contributed by atoms with Crippen LogP contribution in [0.15, 0.2) is 60.8 Å². The minimum Gasteiger partial charge on any atom is -0.439 e. The molecule has 0 aliphatic carbocycles. The van der Waals surface area contributed by atoms with Crippen molar-refractivity contribution in [3.63, 3.8) is 0 Å². The predicted octanol–water partition coefficient (Wildman–Crippen LogP) is 4.68. The molecular formula is C19H13Cl2N7O3. The fraction of sp³-hybridized carbons (Fsp3) is 0.0526. The molecule has 4 aromatic rings. The molecule has 2 heterocycles. The van der Waals surface area contributed by atoms with Gasteiger partial charge in [-0.3, -0.25) is 10.1 Å². The minimum absolute atomic E-state index is 0.108. The van der Waals surface area contributed by atoms with Crippen molar-refractivity contribution >= 4 is 34.8 Å². The second kappa shape index (κ2) is 8.94. The molecule has 0 atom stereocenters. The number of nitro groups is 1. The summed E-state index contributed by atoms with van der Waals surface area (Å²) >= 11 is 12.3. The summed E-state index contributed by atoms with van der Waals surface area (Å²) in [7, 11) is 0. The Morgan fingerprint density at radius 1 is 1.13 bits per heavy atom. The molecule has 4 rings (SSSR count). The van der Waals surface area contributed by atoms with E-state index in [9.17, 15) is 10.1 Å². The number of anilines is 1. The Kier molecular flexibility index (Phi) is 5.92. The maximum atomic E-state index is 10.7. The molecule has 0 bridgehead atoms. The van der Waals surface area contributed by atoms with Gasteiger partial charge in [-0.1, -0.05) is 46.5 Å². The van der Waals surface area contributed by atoms with E-state index in [1.165, 1.54) is 16.8 Å². The summed E-state index contributed by atoms with van der Waals surface area (Å²) in [6.07, 6.45) is 1.14. The number of ether oxygens (including phenoxy) is 1. The second-order valence-electron chi connectivity index (χ2n) is 6.20. The molecule has 10 nitrogen and oxygen atoms in total. The van der Waals surface area contributed by atoms with E-state index in [4.69, 9.17) is 27.9 Å². The highest BCUT2D eigenvalue weighted by atomic mass is 35.5. The van der Waals surface area contributed by atoms with E-state index in [0.29, 0.717) is 34.0 Å². The van der Waals surface area contributed by atoms with E-state index in [2.05, 4.69) is 25.8 Å². The monoisotopic (exact) mass is 457 g/mol. The average Bonchev–Trinajstić information content (AvgIpc) is 3.23. The van der Waals surface area contributed by atoms with Crippen molar-refractivity contribution in [2.45, 2.75) is 6.54 Å². The van der Waals surface area contributed by atoms with Crippen molar-refractivity contribution < 1.29 is 9.66 Å². The maximum Gasteiger partial charge on any atom is 0.287 e. The molecule has 2 aromatic carbocycles. The van der Waals surface area contributed by atoms with Crippen LogP contribution in [0.4, 0.5) is 11.6 Å². The van der Waals surface area contributed by atoms with Gasteiger partial charge < -0.3 is 10.1 Å². The molecule has 12 heteroatoms. The quantitative estimate of drug-likeness (QED) is 0.313. The van der Waals surface area contributed by atoms with Crippen LogP contribution in [-0.4, -0.2) is 30.1 Å². The Morgan fingerprint density at radius 2 is 1.97 bits per heavy atom. The Balaban J connectivity index is 1.46. The van der Waals surface area contributed by atoms with Crippen LogP contribution in [0, 0.1) is 10.1 Å². The number of nitrogens with zero attached hydrogens (tertiary/aromatic N) is 6. The number of halogens is 2. The Bertz CT molecular complexity index is 1230. The molecule has 0 amide bonds. The number of hydrogen-bond acceptors (Lipinski definition) is 8. The normalized spacial score (nSPS) is 10.6. The van der Waals surface area contributed by atoms with Crippen molar-refractivity contribution in [2.24, 2.45) is 0 Å². The first-order chi connectivity index (χ1) is 15.0. The van der Waals surface area contributed by atoms with Gasteiger partial charge in [-0.2, -0.15) is 4.68 Å². The predicted molar refractivity (Wildman–Crippen MR) is 114 cm³/mol. The highest BCUT2D eigenvalue weighted by Crippen LogP contribution is 2.29. The first kappa shape index (κ1) is 20.5. The third-order valence-corrected chi connectivity index (χ3v) is 4.94. The molecule has 1 N–H and O–H groups in total. The van der Waals surface area contributed by atoms with Gasteiger partial charge in [-0.15, -0.1) is 0 Å². The molecular weight excluding hydrogens is 445 g/mol. The van der Waals surface area contributed by atoms with Gasteiger partial charge in [0, 0.05) is 18.7 Å². The van der Waals surface area contributed by atoms with Gasteiger partial charge in [0.2, 0.25) is 11.8 Å². The topological polar surface area (TPSA) is 121 Å². The molecule has 31 heavy (non-hydrogen) atoms. The number of pyridine rings is 1. The molecule has 0 radical (unpaired) electrons. The highest BCUT2D eigenvalue weighted by Gasteiger charge is 2.13. The number of aromatic nitrogens is 5. The third-order valence-electron chi connectivity index (χ3n) is 4.13. The van der Waals surface area contributed by atoms with Crippen LogP contribution in [0.2, 0.25) is 10.0 Å². The number of tetrazole rings is 1. The van der Waals surface area contributed by atoms with Crippen molar-refractivity contribution in [3.05, 3.63) is 86.5 Å². The van der Waals surface area contributed by atoms with E-state index in [-0.39, 0.29) is 11.6 Å². The lowest BCUT2D eigenvalue weighted by Crippen LogP contribution is -2.08. The van der Waals surface area contributed by atoms with E-state index >= 15 is 0 Å².